The molecule has 0 saturated heterocycles. The van der Waals surface area contributed by atoms with Crippen molar-refractivity contribution in [3.8, 4) is 11.1 Å². The molecule has 0 amide bonds. The summed E-state index contributed by atoms with van der Waals surface area (Å²) >= 11 is 0. The summed E-state index contributed by atoms with van der Waals surface area (Å²) < 4.78 is 6.01. The van der Waals surface area contributed by atoms with Crippen molar-refractivity contribution >= 4 is 28.0 Å². The van der Waals surface area contributed by atoms with Crippen LogP contribution in [0.5, 0.6) is 0 Å². The number of hydrogen-bond donors (Lipinski definition) is 0. The lowest BCUT2D eigenvalue weighted by atomic mass is 9.64. The highest BCUT2D eigenvalue weighted by atomic mass is 16.3. The highest BCUT2D eigenvalue weighted by molar-refractivity contribution is 5.96. The highest BCUT2D eigenvalue weighted by Crippen LogP contribution is 2.63. The fourth-order valence-corrected chi connectivity index (χ4v) is 6.74. The van der Waals surface area contributed by atoms with Gasteiger partial charge in [-0.3, -0.25) is 4.79 Å². The summed E-state index contributed by atoms with van der Waals surface area (Å²) in [7, 11) is 0. The highest BCUT2D eigenvalue weighted by Gasteiger charge is 2.51. The van der Waals surface area contributed by atoms with E-state index in [1.165, 1.54) is 33.4 Å². The van der Waals surface area contributed by atoms with Gasteiger partial charge in [-0.25, -0.2) is 0 Å². The molecule has 1 aliphatic carbocycles. The van der Waals surface area contributed by atoms with Crippen LogP contribution in [0.3, 0.4) is 0 Å². The van der Waals surface area contributed by atoms with Crippen LogP contribution in [0, 0.1) is 6.92 Å². The summed E-state index contributed by atoms with van der Waals surface area (Å²) in [6.07, 6.45) is 0. The number of benzene rings is 5. The Morgan fingerprint density at radius 1 is 0.605 bits per heavy atom. The first-order chi connectivity index (χ1) is 18.7. The Morgan fingerprint density at radius 2 is 1.13 bits per heavy atom. The molecule has 2 heterocycles. The number of hydrogen-bond acceptors (Lipinski definition) is 3. The van der Waals surface area contributed by atoms with Crippen LogP contribution in [0.15, 0.2) is 131 Å². The quantitative estimate of drug-likeness (QED) is 0.233. The average Bonchev–Trinajstić information content (AvgIpc) is 3.24. The van der Waals surface area contributed by atoms with Crippen molar-refractivity contribution in [2.45, 2.75) is 12.3 Å². The van der Waals surface area contributed by atoms with Gasteiger partial charge in [0, 0.05) is 17.8 Å². The van der Waals surface area contributed by atoms with Gasteiger partial charge in [0.1, 0.15) is 11.3 Å². The smallest absolute Gasteiger partial charge is 0.192 e. The fraction of sp³-hybridized carbons (Fsp3) is 0.0571. The summed E-state index contributed by atoms with van der Waals surface area (Å²) in [5.74, 6) is 0.609. The van der Waals surface area contributed by atoms with Gasteiger partial charge >= 0.3 is 0 Å². The molecular formula is C35H23NO2. The number of aryl methyl sites for hydroxylation is 1. The van der Waals surface area contributed by atoms with Gasteiger partial charge in [-0.1, -0.05) is 84.9 Å². The lowest BCUT2D eigenvalue weighted by Crippen LogP contribution is -2.36. The topological polar surface area (TPSA) is 33.5 Å². The van der Waals surface area contributed by atoms with Gasteiger partial charge in [0.25, 0.3) is 0 Å². The molecule has 1 aromatic heterocycles. The first kappa shape index (κ1) is 21.2. The Kier molecular flexibility index (Phi) is 4.22. The lowest BCUT2D eigenvalue weighted by molar-refractivity contribution is 0.565. The minimum absolute atomic E-state index is 0.0205. The van der Waals surface area contributed by atoms with Crippen molar-refractivity contribution in [2.24, 2.45) is 0 Å². The molecule has 3 heteroatoms. The number of nitrogens with zero attached hydrogens (tertiary/aromatic N) is 1. The molecule has 8 rings (SSSR count). The zero-order chi connectivity index (χ0) is 25.4. The second-order valence-electron chi connectivity index (χ2n) is 10.1. The Labute approximate surface area is 220 Å². The van der Waals surface area contributed by atoms with E-state index in [9.17, 15) is 4.79 Å². The van der Waals surface area contributed by atoms with Gasteiger partial charge in [-0.2, -0.15) is 0 Å². The van der Waals surface area contributed by atoms with Crippen molar-refractivity contribution in [2.75, 3.05) is 4.90 Å². The van der Waals surface area contributed by atoms with E-state index in [2.05, 4.69) is 102 Å². The van der Waals surface area contributed by atoms with Gasteiger partial charge in [0.2, 0.25) is 0 Å². The third-order valence-electron chi connectivity index (χ3n) is 8.14. The number of rotatable bonds is 1. The summed E-state index contributed by atoms with van der Waals surface area (Å²) in [5, 5.41) is 0.591. The molecule has 0 fully saturated rings. The molecule has 1 aliphatic heterocycles. The van der Waals surface area contributed by atoms with E-state index in [0.29, 0.717) is 16.7 Å². The molecule has 2 aliphatic rings. The summed E-state index contributed by atoms with van der Waals surface area (Å²) in [4.78, 5) is 14.9. The maximum Gasteiger partial charge on any atom is 0.192 e. The van der Waals surface area contributed by atoms with Crippen LogP contribution in [0.4, 0.5) is 17.1 Å². The molecule has 1 spiro atoms. The van der Waals surface area contributed by atoms with Crippen molar-refractivity contribution in [1.82, 2.24) is 0 Å². The van der Waals surface area contributed by atoms with E-state index in [1.54, 1.807) is 6.07 Å². The van der Waals surface area contributed by atoms with Gasteiger partial charge in [-0.15, -0.1) is 0 Å². The molecule has 5 aromatic carbocycles. The van der Waals surface area contributed by atoms with Crippen molar-refractivity contribution in [3.05, 3.63) is 160 Å². The third-order valence-corrected chi connectivity index (χ3v) is 8.14. The van der Waals surface area contributed by atoms with E-state index < -0.39 is 5.41 Å². The van der Waals surface area contributed by atoms with E-state index in [0.717, 1.165) is 17.1 Å². The first-order valence-corrected chi connectivity index (χ1v) is 12.9. The molecular weight excluding hydrogens is 466 g/mol. The third kappa shape index (κ3) is 2.60. The van der Waals surface area contributed by atoms with E-state index in [-0.39, 0.29) is 5.43 Å². The minimum atomic E-state index is -0.434. The van der Waals surface area contributed by atoms with Crippen LogP contribution in [-0.2, 0) is 5.41 Å². The Hall–Kier alpha value is -4.89. The predicted molar refractivity (Wildman–Crippen MR) is 153 cm³/mol. The SMILES string of the molecule is Cc1cc(=O)c2ccc(N3c4ccccc4C4(c5ccccc5-c5ccccc54)c4ccccc43)cc2o1. The molecule has 0 saturated carbocycles. The number of anilines is 3. The average molecular weight is 490 g/mol. The molecule has 0 atom stereocenters. The monoisotopic (exact) mass is 489 g/mol. The largest absolute Gasteiger partial charge is 0.461 e. The fourth-order valence-electron chi connectivity index (χ4n) is 6.74. The van der Waals surface area contributed by atoms with Crippen LogP contribution in [0.2, 0.25) is 0 Å². The number of para-hydroxylation sites is 2. The van der Waals surface area contributed by atoms with Gasteiger partial charge < -0.3 is 9.32 Å². The molecule has 3 nitrogen and oxygen atoms in total. The summed E-state index contributed by atoms with van der Waals surface area (Å²) in [6, 6.07) is 42.5. The normalized spacial score (nSPS) is 14.2. The number of fused-ring (bicyclic) bond motifs is 10. The maximum absolute atomic E-state index is 12.6. The van der Waals surface area contributed by atoms with Crippen LogP contribution in [0.1, 0.15) is 28.0 Å². The van der Waals surface area contributed by atoms with Gasteiger partial charge in [0.05, 0.1) is 22.2 Å². The van der Waals surface area contributed by atoms with Crippen molar-refractivity contribution in [1.29, 1.82) is 0 Å². The molecule has 6 aromatic rings. The Morgan fingerprint density at radius 3 is 1.74 bits per heavy atom. The first-order valence-electron chi connectivity index (χ1n) is 12.9. The molecule has 38 heavy (non-hydrogen) atoms. The Bertz CT molecular complexity index is 1890. The van der Waals surface area contributed by atoms with E-state index in [4.69, 9.17) is 4.42 Å². The molecule has 0 N–H and O–H groups in total. The molecule has 0 radical (unpaired) electrons. The van der Waals surface area contributed by atoms with Gasteiger partial charge in [0.15, 0.2) is 5.43 Å². The summed E-state index contributed by atoms with van der Waals surface area (Å²) in [5.41, 5.74) is 11.0. The Balaban J connectivity index is 1.49. The predicted octanol–water partition coefficient (Wildman–Crippen LogP) is 8.25. The molecule has 0 bridgehead atoms. The van der Waals surface area contributed by atoms with Crippen molar-refractivity contribution < 1.29 is 4.42 Å². The van der Waals surface area contributed by atoms with E-state index in [1.807, 2.05) is 25.1 Å². The second-order valence-corrected chi connectivity index (χ2v) is 10.1. The lowest BCUT2D eigenvalue weighted by Gasteiger charge is -2.45. The zero-order valence-corrected chi connectivity index (χ0v) is 20.8. The standard InChI is InChI=1S/C35H23NO2/c1-22-20-33(37)26-19-18-23(21-34(26)38-22)36-31-16-8-6-14-29(31)35(30-15-7-9-17-32(30)36)27-12-4-2-10-24(27)25-11-3-5-13-28(25)35/h2-21H,1H3. The van der Waals surface area contributed by atoms with Crippen LogP contribution >= 0.6 is 0 Å². The van der Waals surface area contributed by atoms with Gasteiger partial charge in [-0.05, 0) is 64.6 Å². The molecule has 0 unspecified atom stereocenters. The molecule has 180 valence electrons. The zero-order valence-electron chi connectivity index (χ0n) is 20.8. The van der Waals surface area contributed by atoms with Crippen LogP contribution in [0.25, 0.3) is 22.1 Å². The van der Waals surface area contributed by atoms with E-state index >= 15 is 0 Å². The maximum atomic E-state index is 12.6. The van der Waals surface area contributed by atoms with Crippen LogP contribution < -0.4 is 10.3 Å². The van der Waals surface area contributed by atoms with Crippen LogP contribution in [-0.4, -0.2) is 0 Å². The summed E-state index contributed by atoms with van der Waals surface area (Å²) in [6.45, 7) is 1.82. The van der Waals surface area contributed by atoms with Crippen molar-refractivity contribution in [3.63, 3.8) is 0 Å². The second kappa shape index (κ2) is 7.56. The minimum Gasteiger partial charge on any atom is -0.461 e.